The van der Waals surface area contributed by atoms with Crippen LogP contribution in [0.4, 0.5) is 21.6 Å². The van der Waals surface area contributed by atoms with E-state index < -0.39 is 0 Å². The molecule has 3 aromatic rings. The summed E-state index contributed by atoms with van der Waals surface area (Å²) in [6.07, 6.45) is 4.62. The summed E-state index contributed by atoms with van der Waals surface area (Å²) in [7, 11) is 1.91. The van der Waals surface area contributed by atoms with Crippen LogP contribution in [0.5, 0.6) is 0 Å². The maximum absolute atomic E-state index is 13.0. The van der Waals surface area contributed by atoms with E-state index in [1.165, 1.54) is 12.1 Å². The van der Waals surface area contributed by atoms with Crippen LogP contribution >= 0.6 is 0 Å². The number of fused-ring (bicyclic) bond motifs is 1. The zero-order valence-electron chi connectivity index (χ0n) is 17.3. The second kappa shape index (κ2) is 8.14. The first-order valence-electron chi connectivity index (χ1n) is 9.95. The Bertz CT molecular complexity index is 1060. The Balaban J connectivity index is 1.39. The van der Waals surface area contributed by atoms with Gasteiger partial charge in [0.05, 0.1) is 23.3 Å². The Morgan fingerprint density at radius 1 is 1.23 bits per heavy atom. The third kappa shape index (κ3) is 4.12. The van der Waals surface area contributed by atoms with E-state index in [1.54, 1.807) is 12.1 Å². The molecule has 1 aliphatic rings. The molecule has 1 aromatic carbocycles. The first kappa shape index (κ1) is 19.9. The van der Waals surface area contributed by atoms with E-state index in [4.69, 9.17) is 0 Å². The van der Waals surface area contributed by atoms with E-state index in [2.05, 4.69) is 20.7 Å². The van der Waals surface area contributed by atoms with Crippen molar-refractivity contribution in [1.82, 2.24) is 14.8 Å². The summed E-state index contributed by atoms with van der Waals surface area (Å²) in [5, 5.41) is 10.7. The van der Waals surface area contributed by atoms with Gasteiger partial charge < -0.3 is 15.5 Å². The number of hydrogen-bond donors (Lipinski definition) is 2. The number of aromatic nitrogens is 3. The zero-order valence-corrected chi connectivity index (χ0v) is 17.3. The molecule has 1 amide bonds. The van der Waals surface area contributed by atoms with Gasteiger partial charge in [-0.3, -0.25) is 9.48 Å². The number of likely N-dealkylation sites (N-methyl/N-ethyl adjacent to an activating group) is 1. The van der Waals surface area contributed by atoms with Gasteiger partial charge >= 0.3 is 0 Å². The van der Waals surface area contributed by atoms with Gasteiger partial charge in [-0.15, -0.1) is 0 Å². The maximum Gasteiger partial charge on any atom is 0.246 e. The van der Waals surface area contributed by atoms with Crippen molar-refractivity contribution in [1.29, 1.82) is 0 Å². The molecule has 3 heterocycles. The van der Waals surface area contributed by atoms with E-state index in [1.807, 2.05) is 48.9 Å². The second-order valence-corrected chi connectivity index (χ2v) is 7.60. The number of hydrogen-bond acceptors (Lipinski definition) is 5. The van der Waals surface area contributed by atoms with Gasteiger partial charge in [-0.1, -0.05) is 12.1 Å². The fraction of sp³-hybridized carbons (Fsp3) is 0.318. The fourth-order valence-corrected chi connectivity index (χ4v) is 3.50. The molecule has 2 aromatic heterocycles. The Morgan fingerprint density at radius 2 is 2.00 bits per heavy atom. The van der Waals surface area contributed by atoms with Gasteiger partial charge in [0.15, 0.2) is 0 Å². The van der Waals surface area contributed by atoms with Crippen molar-refractivity contribution in [2.45, 2.75) is 39.4 Å². The third-order valence-electron chi connectivity index (χ3n) is 5.47. The normalized spacial score (nSPS) is 15.7. The number of carbonyl (C=O) groups is 1. The summed E-state index contributed by atoms with van der Waals surface area (Å²) in [6.45, 7) is 5.08. The summed E-state index contributed by atoms with van der Waals surface area (Å²) in [5.41, 5.74) is 4.61. The van der Waals surface area contributed by atoms with Crippen LogP contribution in [-0.4, -0.2) is 33.8 Å². The van der Waals surface area contributed by atoms with Crippen molar-refractivity contribution in [3.05, 3.63) is 65.4 Å². The third-order valence-corrected chi connectivity index (χ3v) is 5.47. The number of carbonyl (C=O) groups excluding carboxylic acids is 1. The number of nitrogens with one attached hydrogen (secondary N) is 2. The van der Waals surface area contributed by atoms with E-state index in [9.17, 15) is 9.18 Å². The standard InChI is InChI=1S/C22H25FN6O/c1-14-21-19(28(3)15(2)22(30)27-21)10-20(26-14)24-11-17-12-25-29(13-17)9-8-16-4-6-18(23)7-5-16/h4-7,10,12-13,15H,8-9,11H2,1-3H3,(H,24,26)(H,27,30)/t15-/m0/s1. The van der Waals surface area contributed by atoms with Crippen molar-refractivity contribution in [2.75, 3.05) is 22.6 Å². The number of amides is 1. The summed E-state index contributed by atoms with van der Waals surface area (Å²) >= 11 is 0. The van der Waals surface area contributed by atoms with Gasteiger partial charge in [-0.2, -0.15) is 5.10 Å². The zero-order chi connectivity index (χ0) is 21.3. The molecule has 7 nitrogen and oxygen atoms in total. The van der Waals surface area contributed by atoms with E-state index in [0.29, 0.717) is 6.54 Å². The maximum atomic E-state index is 13.0. The lowest BCUT2D eigenvalue weighted by molar-refractivity contribution is -0.117. The van der Waals surface area contributed by atoms with Crippen molar-refractivity contribution in [3.63, 3.8) is 0 Å². The van der Waals surface area contributed by atoms with E-state index >= 15 is 0 Å². The molecule has 1 atom stereocenters. The first-order valence-corrected chi connectivity index (χ1v) is 9.95. The molecule has 4 rings (SSSR count). The molecule has 0 saturated heterocycles. The molecule has 30 heavy (non-hydrogen) atoms. The topological polar surface area (TPSA) is 75.1 Å². The lowest BCUT2D eigenvalue weighted by Crippen LogP contribution is -2.44. The second-order valence-electron chi connectivity index (χ2n) is 7.60. The minimum Gasteiger partial charge on any atom is -0.366 e. The van der Waals surface area contributed by atoms with Gasteiger partial charge in [-0.25, -0.2) is 9.37 Å². The number of halogens is 1. The molecule has 0 fully saturated rings. The lowest BCUT2D eigenvalue weighted by Gasteiger charge is -2.34. The average Bonchev–Trinajstić information content (AvgIpc) is 3.19. The fourth-order valence-electron chi connectivity index (χ4n) is 3.50. The van der Waals surface area contributed by atoms with Crippen molar-refractivity contribution < 1.29 is 9.18 Å². The average molecular weight is 408 g/mol. The minimum absolute atomic E-state index is 0.0244. The number of pyridine rings is 1. The number of benzene rings is 1. The molecule has 0 aliphatic carbocycles. The smallest absolute Gasteiger partial charge is 0.246 e. The highest BCUT2D eigenvalue weighted by Gasteiger charge is 2.28. The minimum atomic E-state index is -0.230. The van der Waals surface area contributed by atoms with Gasteiger partial charge in [0.1, 0.15) is 17.7 Å². The number of anilines is 3. The summed E-state index contributed by atoms with van der Waals surface area (Å²) in [4.78, 5) is 18.6. The van der Waals surface area contributed by atoms with E-state index in [0.717, 1.165) is 47.0 Å². The highest BCUT2D eigenvalue weighted by Crippen LogP contribution is 2.34. The molecular formula is C22H25FN6O. The molecule has 0 unspecified atom stereocenters. The molecule has 0 bridgehead atoms. The molecule has 0 radical (unpaired) electrons. The van der Waals surface area contributed by atoms with Crippen LogP contribution in [0.3, 0.4) is 0 Å². The van der Waals surface area contributed by atoms with Gasteiger partial charge in [0, 0.05) is 38.0 Å². The van der Waals surface area contributed by atoms with Crippen LogP contribution in [-0.2, 0) is 24.3 Å². The predicted octanol–water partition coefficient (Wildman–Crippen LogP) is 3.36. The molecular weight excluding hydrogens is 383 g/mol. The van der Waals surface area contributed by atoms with Crippen LogP contribution in [0.25, 0.3) is 0 Å². The Morgan fingerprint density at radius 3 is 2.77 bits per heavy atom. The van der Waals surface area contributed by atoms with Crippen molar-refractivity contribution >= 4 is 23.1 Å². The lowest BCUT2D eigenvalue weighted by atomic mass is 10.1. The van der Waals surface area contributed by atoms with Crippen molar-refractivity contribution in [3.8, 4) is 0 Å². The Labute approximate surface area is 174 Å². The highest BCUT2D eigenvalue weighted by molar-refractivity contribution is 6.04. The van der Waals surface area contributed by atoms with Crippen LogP contribution in [0, 0.1) is 12.7 Å². The van der Waals surface area contributed by atoms with Gasteiger partial charge in [-0.05, 0) is 38.0 Å². The Hall–Kier alpha value is -3.42. The summed E-state index contributed by atoms with van der Waals surface area (Å²) < 4.78 is 14.9. The van der Waals surface area contributed by atoms with Crippen LogP contribution in [0.2, 0.25) is 0 Å². The number of rotatable bonds is 6. The van der Waals surface area contributed by atoms with Gasteiger partial charge in [0.25, 0.3) is 0 Å². The predicted molar refractivity (Wildman–Crippen MR) is 115 cm³/mol. The molecule has 2 N–H and O–H groups in total. The number of nitrogens with zero attached hydrogens (tertiary/aromatic N) is 4. The summed E-state index contributed by atoms with van der Waals surface area (Å²) in [6, 6.07) is 8.27. The SMILES string of the molecule is Cc1nc(NCc2cnn(CCc3ccc(F)cc3)c2)cc2c1NC(=O)[C@H](C)N2C. The monoisotopic (exact) mass is 408 g/mol. The van der Waals surface area contributed by atoms with Crippen LogP contribution in [0.1, 0.15) is 23.7 Å². The molecule has 1 aliphatic heterocycles. The van der Waals surface area contributed by atoms with E-state index in [-0.39, 0.29) is 17.8 Å². The first-order chi connectivity index (χ1) is 14.4. The van der Waals surface area contributed by atoms with Crippen LogP contribution in [0.15, 0.2) is 42.7 Å². The molecule has 156 valence electrons. The largest absolute Gasteiger partial charge is 0.366 e. The van der Waals surface area contributed by atoms with Crippen LogP contribution < -0.4 is 15.5 Å². The quantitative estimate of drug-likeness (QED) is 0.654. The van der Waals surface area contributed by atoms with Gasteiger partial charge in [0.2, 0.25) is 5.91 Å². The molecule has 0 spiro atoms. The summed E-state index contributed by atoms with van der Waals surface area (Å²) in [5.74, 6) is 0.504. The number of aryl methyl sites for hydroxylation is 3. The highest BCUT2D eigenvalue weighted by atomic mass is 19.1. The Kier molecular flexibility index (Phi) is 5.39. The molecule has 0 saturated carbocycles. The van der Waals surface area contributed by atoms with Crippen molar-refractivity contribution in [2.24, 2.45) is 0 Å². The molecule has 8 heteroatoms.